The summed E-state index contributed by atoms with van der Waals surface area (Å²) in [7, 11) is 2.14. The number of benzene rings is 2. The third-order valence-corrected chi connectivity index (χ3v) is 7.49. The van der Waals surface area contributed by atoms with E-state index in [0.29, 0.717) is 4.88 Å². The molecule has 0 bridgehead atoms. The van der Waals surface area contributed by atoms with Gasteiger partial charge in [-0.1, -0.05) is 30.3 Å². The molecule has 2 aromatic carbocycles. The Morgan fingerprint density at radius 1 is 1.09 bits per heavy atom. The van der Waals surface area contributed by atoms with Crippen molar-refractivity contribution in [1.82, 2.24) is 24.9 Å². The zero-order valence-corrected chi connectivity index (χ0v) is 20.2. The van der Waals surface area contributed by atoms with Gasteiger partial charge < -0.3 is 10.2 Å². The number of rotatable bonds is 6. The minimum absolute atomic E-state index is 0.0887. The van der Waals surface area contributed by atoms with Crippen LogP contribution in [-0.2, 0) is 0 Å². The Labute approximate surface area is 202 Å². The summed E-state index contributed by atoms with van der Waals surface area (Å²) >= 11 is 1.41. The molecule has 4 aromatic rings. The molecule has 0 spiro atoms. The Balaban J connectivity index is 1.40. The van der Waals surface area contributed by atoms with Gasteiger partial charge in [-0.2, -0.15) is 5.10 Å². The van der Waals surface area contributed by atoms with Crippen LogP contribution in [0, 0.1) is 12.7 Å². The van der Waals surface area contributed by atoms with Crippen molar-refractivity contribution in [2.75, 3.05) is 39.8 Å². The molecule has 1 aliphatic rings. The Morgan fingerprint density at radius 2 is 1.79 bits per heavy atom. The number of likely N-dealkylation sites (N-methyl/N-ethyl adjacent to an activating group) is 1. The highest BCUT2D eigenvalue weighted by Gasteiger charge is 2.23. The molecule has 1 amide bonds. The summed E-state index contributed by atoms with van der Waals surface area (Å²) in [6.45, 7) is 6.75. The third kappa shape index (κ3) is 4.75. The largest absolute Gasteiger partial charge is 0.343 e. The van der Waals surface area contributed by atoms with Crippen molar-refractivity contribution < 1.29 is 9.18 Å². The summed E-state index contributed by atoms with van der Waals surface area (Å²) in [6.07, 6.45) is 0. The maximum Gasteiger partial charge on any atom is 0.261 e. The van der Waals surface area contributed by atoms with Gasteiger partial charge in [-0.3, -0.25) is 9.69 Å². The average Bonchev–Trinajstić information content (AvgIpc) is 3.42. The first-order valence-corrected chi connectivity index (χ1v) is 12.3. The normalized spacial score (nSPS) is 16.1. The van der Waals surface area contributed by atoms with Crippen LogP contribution in [-0.4, -0.2) is 65.3 Å². The predicted octanol–water partition coefficient (Wildman–Crippen LogP) is 4.25. The fraction of sp³-hybridized carbons (Fsp3) is 0.308. The fourth-order valence-corrected chi connectivity index (χ4v) is 5.44. The van der Waals surface area contributed by atoms with Crippen LogP contribution < -0.4 is 5.32 Å². The second-order valence-electron chi connectivity index (χ2n) is 8.84. The molecule has 1 unspecified atom stereocenters. The molecule has 0 saturated carbocycles. The SMILES string of the molecule is Cc1nn(-c2ccc(F)cc2)c2sc(C(=O)NC(CN3CCN(C)CC3)c3ccccc3)cc12. The number of carbonyl (C=O) groups excluding carboxylic acids is 1. The van der Waals surface area contributed by atoms with Crippen molar-refractivity contribution in [1.29, 1.82) is 0 Å². The maximum absolute atomic E-state index is 13.4. The second-order valence-corrected chi connectivity index (χ2v) is 9.87. The van der Waals surface area contributed by atoms with E-state index in [2.05, 4.69) is 39.4 Å². The highest BCUT2D eigenvalue weighted by molar-refractivity contribution is 7.20. The monoisotopic (exact) mass is 477 g/mol. The molecule has 3 heterocycles. The van der Waals surface area contributed by atoms with E-state index in [4.69, 9.17) is 0 Å². The van der Waals surface area contributed by atoms with Gasteiger partial charge in [-0.15, -0.1) is 11.3 Å². The molecule has 0 aliphatic carbocycles. The van der Waals surface area contributed by atoms with E-state index in [0.717, 1.165) is 59.9 Å². The lowest BCUT2D eigenvalue weighted by Gasteiger charge is -2.35. The molecule has 1 fully saturated rings. The lowest BCUT2D eigenvalue weighted by molar-refractivity contribution is 0.0911. The van der Waals surface area contributed by atoms with Gasteiger partial charge in [-0.05, 0) is 49.9 Å². The van der Waals surface area contributed by atoms with Crippen LogP contribution in [0.4, 0.5) is 4.39 Å². The van der Waals surface area contributed by atoms with Crippen molar-refractivity contribution in [3.05, 3.63) is 82.6 Å². The number of nitrogens with zero attached hydrogens (tertiary/aromatic N) is 4. The molecule has 5 rings (SSSR count). The number of thiophene rings is 1. The average molecular weight is 478 g/mol. The number of piperazine rings is 1. The number of aromatic nitrogens is 2. The van der Waals surface area contributed by atoms with E-state index in [1.807, 2.05) is 31.2 Å². The second kappa shape index (κ2) is 9.66. The summed E-state index contributed by atoms with van der Waals surface area (Å²) < 4.78 is 15.2. The van der Waals surface area contributed by atoms with Crippen LogP contribution >= 0.6 is 11.3 Å². The van der Waals surface area contributed by atoms with Gasteiger partial charge >= 0.3 is 0 Å². The lowest BCUT2D eigenvalue weighted by atomic mass is 10.1. The van der Waals surface area contributed by atoms with E-state index >= 15 is 0 Å². The first-order chi connectivity index (χ1) is 16.5. The number of hydrogen-bond donors (Lipinski definition) is 1. The standard InChI is InChI=1S/C26H28FN5OS/c1-18-22-16-24(34-26(22)32(29-18)21-10-8-20(27)9-11-21)25(33)28-23(19-6-4-3-5-7-19)17-31-14-12-30(2)13-15-31/h3-11,16,23H,12-15,17H2,1-2H3,(H,28,33). The maximum atomic E-state index is 13.4. The molecule has 8 heteroatoms. The highest BCUT2D eigenvalue weighted by atomic mass is 32.1. The van der Waals surface area contributed by atoms with Crippen molar-refractivity contribution in [2.24, 2.45) is 0 Å². The highest BCUT2D eigenvalue weighted by Crippen LogP contribution is 2.31. The summed E-state index contributed by atoms with van der Waals surface area (Å²) in [4.78, 5) is 19.7. The molecule has 34 heavy (non-hydrogen) atoms. The van der Waals surface area contributed by atoms with Gasteiger partial charge in [0.1, 0.15) is 10.6 Å². The Hall–Kier alpha value is -3.07. The Bertz CT molecular complexity index is 1280. The summed E-state index contributed by atoms with van der Waals surface area (Å²) in [5.41, 5.74) is 2.71. The quantitative estimate of drug-likeness (QED) is 0.451. The third-order valence-electron chi connectivity index (χ3n) is 6.38. The molecular weight excluding hydrogens is 449 g/mol. The zero-order valence-electron chi connectivity index (χ0n) is 19.4. The number of nitrogens with one attached hydrogen (secondary N) is 1. The Morgan fingerprint density at radius 3 is 2.50 bits per heavy atom. The number of aryl methyl sites for hydroxylation is 1. The molecule has 1 aliphatic heterocycles. The summed E-state index contributed by atoms with van der Waals surface area (Å²) in [5.74, 6) is -0.378. The van der Waals surface area contributed by atoms with E-state index in [1.165, 1.54) is 23.5 Å². The molecule has 0 radical (unpaired) electrons. The van der Waals surface area contributed by atoms with Crippen molar-refractivity contribution >= 4 is 27.5 Å². The minimum atomic E-state index is -0.289. The molecule has 1 saturated heterocycles. The number of halogens is 1. The van der Waals surface area contributed by atoms with E-state index < -0.39 is 0 Å². The number of fused-ring (bicyclic) bond motifs is 1. The first kappa shape index (κ1) is 22.7. The molecule has 1 N–H and O–H groups in total. The molecule has 176 valence electrons. The topological polar surface area (TPSA) is 53.4 Å². The first-order valence-electron chi connectivity index (χ1n) is 11.5. The van der Waals surface area contributed by atoms with Crippen LogP contribution in [0.3, 0.4) is 0 Å². The van der Waals surface area contributed by atoms with E-state index in [1.54, 1.807) is 16.8 Å². The van der Waals surface area contributed by atoms with Crippen molar-refractivity contribution in [3.63, 3.8) is 0 Å². The minimum Gasteiger partial charge on any atom is -0.343 e. The van der Waals surface area contributed by atoms with E-state index in [9.17, 15) is 9.18 Å². The molecule has 1 atom stereocenters. The lowest BCUT2D eigenvalue weighted by Crippen LogP contribution is -2.47. The number of hydrogen-bond acceptors (Lipinski definition) is 5. The van der Waals surface area contributed by atoms with Gasteiger partial charge in [0.25, 0.3) is 5.91 Å². The van der Waals surface area contributed by atoms with Crippen LogP contribution in [0.1, 0.15) is 27.0 Å². The fourth-order valence-electron chi connectivity index (χ4n) is 4.35. The molecule has 2 aromatic heterocycles. The van der Waals surface area contributed by atoms with E-state index in [-0.39, 0.29) is 17.8 Å². The number of carbonyl (C=O) groups is 1. The number of amides is 1. The van der Waals surface area contributed by atoms with Gasteiger partial charge in [0.15, 0.2) is 0 Å². The summed E-state index contributed by atoms with van der Waals surface area (Å²) in [6, 6.07) is 18.2. The van der Waals surface area contributed by atoms with Gasteiger partial charge in [0, 0.05) is 38.1 Å². The zero-order chi connectivity index (χ0) is 23.7. The van der Waals surface area contributed by atoms with Crippen LogP contribution in [0.2, 0.25) is 0 Å². The summed E-state index contributed by atoms with van der Waals surface area (Å²) in [5, 5.41) is 8.83. The van der Waals surface area contributed by atoms with Crippen molar-refractivity contribution in [2.45, 2.75) is 13.0 Å². The van der Waals surface area contributed by atoms with Crippen LogP contribution in [0.5, 0.6) is 0 Å². The van der Waals surface area contributed by atoms with Crippen LogP contribution in [0.25, 0.3) is 15.9 Å². The smallest absolute Gasteiger partial charge is 0.261 e. The molecule has 6 nitrogen and oxygen atoms in total. The van der Waals surface area contributed by atoms with Gasteiger partial charge in [0.05, 0.1) is 22.3 Å². The van der Waals surface area contributed by atoms with Crippen molar-refractivity contribution in [3.8, 4) is 5.69 Å². The van der Waals surface area contributed by atoms with Gasteiger partial charge in [-0.25, -0.2) is 9.07 Å². The van der Waals surface area contributed by atoms with Crippen LogP contribution in [0.15, 0.2) is 60.7 Å². The van der Waals surface area contributed by atoms with Gasteiger partial charge in [0.2, 0.25) is 0 Å². The molecular formula is C26H28FN5OS. The predicted molar refractivity (Wildman–Crippen MR) is 134 cm³/mol. The Kier molecular flexibility index (Phi) is 6.45.